The van der Waals surface area contributed by atoms with E-state index in [1.807, 2.05) is 6.07 Å². The molecule has 5 rings (SSSR count). The molecule has 186 valence electrons. The molecule has 0 bridgehead atoms. The van der Waals surface area contributed by atoms with Gasteiger partial charge in [-0.1, -0.05) is 26.8 Å². The first-order chi connectivity index (χ1) is 17.5. The van der Waals surface area contributed by atoms with E-state index < -0.39 is 11.6 Å². The number of anilines is 1. The Morgan fingerprint density at radius 1 is 1.03 bits per heavy atom. The molecule has 0 spiro atoms. The van der Waals surface area contributed by atoms with Crippen molar-refractivity contribution in [2.75, 3.05) is 18.0 Å². The molecule has 1 aliphatic rings. The van der Waals surface area contributed by atoms with Crippen molar-refractivity contribution < 1.29 is 8.78 Å². The quantitative estimate of drug-likeness (QED) is 0.389. The van der Waals surface area contributed by atoms with Crippen molar-refractivity contribution in [3.63, 3.8) is 0 Å². The van der Waals surface area contributed by atoms with E-state index in [0.29, 0.717) is 29.4 Å². The molecule has 8 nitrogen and oxygen atoms in total. The Balaban J connectivity index is 1.58. The van der Waals surface area contributed by atoms with Crippen molar-refractivity contribution in [2.45, 2.75) is 58.2 Å². The number of benzene rings is 1. The summed E-state index contributed by atoms with van der Waals surface area (Å²) in [4.78, 5) is 14.1. The number of hydrogen-bond donors (Lipinski definition) is 0. The van der Waals surface area contributed by atoms with Crippen LogP contribution >= 0.6 is 0 Å². The molecule has 0 saturated carbocycles. The van der Waals surface area contributed by atoms with Gasteiger partial charge >= 0.3 is 0 Å². The van der Waals surface area contributed by atoms with Crippen LogP contribution in [0.2, 0.25) is 0 Å². The zero-order valence-corrected chi connectivity index (χ0v) is 20.6. The standard InChI is InChI=1S/C26H28F2N8/c1-4-18-14-35(19(5-2)13-34(18)22(6-3)16-7-9-20(27)21(28)11-16)25-24-23(10-8-17(12-29)31-24)36-15-30-33-26(36)32-25/h7-11,15,18-19,22H,4-6,13-14H2,1-3H3/t18-,19+,22+/m1/s1. The van der Waals surface area contributed by atoms with Crippen LogP contribution in [0.15, 0.2) is 36.7 Å². The summed E-state index contributed by atoms with van der Waals surface area (Å²) in [5, 5.41) is 17.7. The van der Waals surface area contributed by atoms with Crippen LogP contribution in [0.4, 0.5) is 14.6 Å². The van der Waals surface area contributed by atoms with E-state index in [4.69, 9.17) is 4.98 Å². The van der Waals surface area contributed by atoms with Gasteiger partial charge < -0.3 is 4.90 Å². The van der Waals surface area contributed by atoms with Crippen molar-refractivity contribution in [3.05, 3.63) is 59.6 Å². The zero-order valence-electron chi connectivity index (χ0n) is 20.6. The maximum atomic E-state index is 14.1. The van der Waals surface area contributed by atoms with Gasteiger partial charge in [0.1, 0.15) is 23.6 Å². The number of piperazine rings is 1. The van der Waals surface area contributed by atoms with Gasteiger partial charge in [-0.2, -0.15) is 10.2 Å². The van der Waals surface area contributed by atoms with Gasteiger partial charge in [-0.3, -0.25) is 9.30 Å². The van der Waals surface area contributed by atoms with Gasteiger partial charge in [0, 0.05) is 31.2 Å². The molecule has 1 aromatic carbocycles. The van der Waals surface area contributed by atoms with Crippen LogP contribution < -0.4 is 4.90 Å². The molecule has 0 N–H and O–H groups in total. The van der Waals surface area contributed by atoms with Gasteiger partial charge in [0.2, 0.25) is 0 Å². The van der Waals surface area contributed by atoms with Crippen LogP contribution in [0.1, 0.15) is 57.3 Å². The monoisotopic (exact) mass is 490 g/mol. The van der Waals surface area contributed by atoms with Crippen LogP contribution in [0, 0.1) is 23.0 Å². The van der Waals surface area contributed by atoms with Gasteiger partial charge in [-0.25, -0.2) is 13.8 Å². The number of aromatic nitrogens is 5. The average molecular weight is 491 g/mol. The highest BCUT2D eigenvalue weighted by molar-refractivity contribution is 5.88. The largest absolute Gasteiger partial charge is 0.349 e. The lowest BCUT2D eigenvalue weighted by molar-refractivity contribution is 0.0894. The predicted octanol–water partition coefficient (Wildman–Crippen LogP) is 4.65. The summed E-state index contributed by atoms with van der Waals surface area (Å²) in [7, 11) is 0. The third kappa shape index (κ3) is 4.03. The second-order valence-corrected chi connectivity index (χ2v) is 9.18. The Labute approximate surface area is 208 Å². The van der Waals surface area contributed by atoms with Gasteiger partial charge in [0.25, 0.3) is 5.78 Å². The third-order valence-corrected chi connectivity index (χ3v) is 7.26. The van der Waals surface area contributed by atoms with E-state index in [0.717, 1.165) is 36.9 Å². The highest BCUT2D eigenvalue weighted by atomic mass is 19.2. The van der Waals surface area contributed by atoms with E-state index in [-0.39, 0.29) is 18.1 Å². The summed E-state index contributed by atoms with van der Waals surface area (Å²) < 4.78 is 29.5. The molecule has 4 aromatic rings. The number of fused-ring (bicyclic) bond motifs is 3. The number of nitriles is 1. The number of pyridine rings is 1. The van der Waals surface area contributed by atoms with Gasteiger partial charge in [0.05, 0.1) is 5.52 Å². The average Bonchev–Trinajstić information content (AvgIpc) is 3.39. The summed E-state index contributed by atoms with van der Waals surface area (Å²) in [5.41, 5.74) is 2.53. The highest BCUT2D eigenvalue weighted by Gasteiger charge is 2.37. The second-order valence-electron chi connectivity index (χ2n) is 9.18. The van der Waals surface area contributed by atoms with Crippen molar-refractivity contribution in [3.8, 4) is 6.07 Å². The smallest absolute Gasteiger partial charge is 0.257 e. The molecule has 0 amide bonds. The van der Waals surface area contributed by atoms with Crippen molar-refractivity contribution >= 4 is 22.6 Å². The molecule has 36 heavy (non-hydrogen) atoms. The minimum absolute atomic E-state index is 0.0340. The van der Waals surface area contributed by atoms with Crippen LogP contribution in [0.25, 0.3) is 16.8 Å². The lowest BCUT2D eigenvalue weighted by Gasteiger charge is -2.49. The van der Waals surface area contributed by atoms with Crippen molar-refractivity contribution in [2.24, 2.45) is 0 Å². The Hall–Kier alpha value is -3.71. The first kappa shape index (κ1) is 24.0. The number of rotatable bonds is 6. The minimum Gasteiger partial charge on any atom is -0.349 e. The fourth-order valence-electron chi connectivity index (χ4n) is 5.40. The molecule has 1 aliphatic heterocycles. The molecular formula is C26H28F2N8. The summed E-state index contributed by atoms with van der Waals surface area (Å²) in [6.07, 6.45) is 4.09. The highest BCUT2D eigenvalue weighted by Crippen LogP contribution is 2.36. The number of halogens is 2. The fraction of sp³-hybridized carbons (Fsp3) is 0.423. The SMILES string of the molecule is CC[C@H]1CN([C@@H](CC)c2ccc(F)c(F)c2)[C@H](CC)CN1c1nc2nncn2c2ccc(C#N)nc12. The van der Waals surface area contributed by atoms with Crippen LogP contribution in [-0.2, 0) is 0 Å². The molecule has 4 heterocycles. The Morgan fingerprint density at radius 2 is 1.83 bits per heavy atom. The lowest BCUT2D eigenvalue weighted by Crippen LogP contribution is -2.59. The summed E-state index contributed by atoms with van der Waals surface area (Å²) in [5.74, 6) is -0.486. The summed E-state index contributed by atoms with van der Waals surface area (Å²) in [6.45, 7) is 7.76. The molecule has 3 atom stereocenters. The molecule has 10 heteroatoms. The molecule has 0 unspecified atom stereocenters. The first-order valence-electron chi connectivity index (χ1n) is 12.4. The molecule has 0 radical (unpaired) electrons. The van der Waals surface area contributed by atoms with E-state index in [1.165, 1.54) is 12.1 Å². The topological polar surface area (TPSA) is 86.2 Å². The second kappa shape index (κ2) is 9.74. The maximum absolute atomic E-state index is 14.1. The molecule has 3 aromatic heterocycles. The van der Waals surface area contributed by atoms with Crippen LogP contribution in [0.5, 0.6) is 0 Å². The predicted molar refractivity (Wildman–Crippen MR) is 132 cm³/mol. The van der Waals surface area contributed by atoms with Gasteiger partial charge in [-0.15, -0.1) is 10.2 Å². The summed E-state index contributed by atoms with van der Waals surface area (Å²) in [6, 6.07) is 10.1. The van der Waals surface area contributed by atoms with Crippen molar-refractivity contribution in [1.29, 1.82) is 5.26 Å². The molecule has 1 fully saturated rings. The van der Waals surface area contributed by atoms with E-state index in [9.17, 15) is 14.0 Å². The fourth-order valence-corrected chi connectivity index (χ4v) is 5.40. The Kier molecular flexibility index (Phi) is 6.49. The number of hydrogen-bond acceptors (Lipinski definition) is 7. The van der Waals surface area contributed by atoms with Gasteiger partial charge in [-0.05, 0) is 49.1 Å². The lowest BCUT2D eigenvalue weighted by atomic mass is 9.94. The minimum atomic E-state index is -0.831. The third-order valence-electron chi connectivity index (χ3n) is 7.26. The van der Waals surface area contributed by atoms with Crippen LogP contribution in [0.3, 0.4) is 0 Å². The first-order valence-corrected chi connectivity index (χ1v) is 12.4. The van der Waals surface area contributed by atoms with Crippen LogP contribution in [-0.4, -0.2) is 54.6 Å². The van der Waals surface area contributed by atoms with Crippen molar-refractivity contribution in [1.82, 2.24) is 29.5 Å². The summed E-state index contributed by atoms with van der Waals surface area (Å²) >= 11 is 0. The maximum Gasteiger partial charge on any atom is 0.257 e. The van der Waals surface area contributed by atoms with Gasteiger partial charge in [0.15, 0.2) is 17.5 Å². The molecule has 0 aliphatic carbocycles. The van der Waals surface area contributed by atoms with E-state index in [1.54, 1.807) is 22.9 Å². The van der Waals surface area contributed by atoms with E-state index >= 15 is 0 Å². The zero-order chi connectivity index (χ0) is 25.4. The molecule has 1 saturated heterocycles. The Morgan fingerprint density at radius 3 is 2.53 bits per heavy atom. The molecular weight excluding hydrogens is 462 g/mol. The van der Waals surface area contributed by atoms with E-state index in [2.05, 4.69) is 51.8 Å². The number of nitrogens with zero attached hydrogens (tertiary/aromatic N) is 8. The Bertz CT molecular complexity index is 1450. The normalized spacial score (nSPS) is 19.6.